The summed E-state index contributed by atoms with van der Waals surface area (Å²) < 4.78 is 1.96. The van der Waals surface area contributed by atoms with E-state index in [1.165, 1.54) is 11.1 Å². The van der Waals surface area contributed by atoms with E-state index in [0.717, 1.165) is 36.7 Å². The fourth-order valence-electron chi connectivity index (χ4n) is 2.05. The van der Waals surface area contributed by atoms with Crippen molar-refractivity contribution in [3.05, 3.63) is 41.1 Å². The highest BCUT2D eigenvalue weighted by atomic mass is 15.3. The number of aromatic nitrogens is 2. The second kappa shape index (κ2) is 5.78. The molecule has 0 aliphatic heterocycles. The molecule has 1 aromatic carbocycles. The maximum Gasteiger partial charge on any atom is 0.148 e. The number of hydrogen-bond donors (Lipinski definition) is 2. The van der Waals surface area contributed by atoms with Gasteiger partial charge in [-0.3, -0.25) is 0 Å². The molecule has 0 aliphatic rings. The van der Waals surface area contributed by atoms with Crippen LogP contribution >= 0.6 is 0 Å². The smallest absolute Gasteiger partial charge is 0.148 e. The molecule has 1 aromatic heterocycles. The summed E-state index contributed by atoms with van der Waals surface area (Å²) in [7, 11) is 0. The number of aryl methyl sites for hydroxylation is 3. The molecule has 0 fully saturated rings. The highest BCUT2D eigenvalue weighted by Gasteiger charge is 2.11. The van der Waals surface area contributed by atoms with Gasteiger partial charge in [0.25, 0.3) is 0 Å². The first-order valence-corrected chi connectivity index (χ1v) is 6.74. The van der Waals surface area contributed by atoms with Crippen molar-refractivity contribution in [3.8, 4) is 0 Å². The molecule has 0 atom stereocenters. The molecule has 0 saturated carbocycles. The molecule has 0 unspecified atom stereocenters. The summed E-state index contributed by atoms with van der Waals surface area (Å²) in [5.41, 5.74) is 10.2. The van der Waals surface area contributed by atoms with E-state index in [2.05, 4.69) is 48.5 Å². The molecular weight excluding hydrogens is 236 g/mol. The molecule has 4 nitrogen and oxygen atoms in total. The van der Waals surface area contributed by atoms with E-state index in [1.807, 2.05) is 11.6 Å². The highest BCUT2D eigenvalue weighted by molar-refractivity contribution is 5.64. The van der Waals surface area contributed by atoms with Gasteiger partial charge in [-0.1, -0.05) is 36.8 Å². The number of nitrogens with zero attached hydrogens (tertiary/aromatic N) is 2. The molecule has 19 heavy (non-hydrogen) atoms. The molecule has 102 valence electrons. The standard InChI is InChI=1S/C15H22N4/c1-4-9-19-15(14(16)12(3)18-19)17-10-13-7-5-11(2)6-8-13/h5-8,17H,4,9-10,16H2,1-3H3. The Hall–Kier alpha value is -1.97. The number of benzene rings is 1. The van der Waals surface area contributed by atoms with Gasteiger partial charge in [-0.05, 0) is 25.8 Å². The van der Waals surface area contributed by atoms with Crippen molar-refractivity contribution in [2.45, 2.75) is 40.3 Å². The summed E-state index contributed by atoms with van der Waals surface area (Å²) in [6.07, 6.45) is 1.04. The lowest BCUT2D eigenvalue weighted by atomic mass is 10.1. The minimum atomic E-state index is 0.751. The Labute approximate surface area is 114 Å². The van der Waals surface area contributed by atoms with Gasteiger partial charge in [-0.2, -0.15) is 5.10 Å². The van der Waals surface area contributed by atoms with Crippen LogP contribution in [0, 0.1) is 13.8 Å². The van der Waals surface area contributed by atoms with Gasteiger partial charge in [0.1, 0.15) is 5.82 Å². The van der Waals surface area contributed by atoms with Crippen molar-refractivity contribution in [2.24, 2.45) is 0 Å². The second-order valence-corrected chi connectivity index (χ2v) is 4.91. The lowest BCUT2D eigenvalue weighted by molar-refractivity contribution is 0.603. The molecule has 1 heterocycles. The van der Waals surface area contributed by atoms with Crippen LogP contribution in [0.2, 0.25) is 0 Å². The molecule has 0 amide bonds. The van der Waals surface area contributed by atoms with Gasteiger partial charge < -0.3 is 11.1 Å². The zero-order chi connectivity index (χ0) is 13.8. The Morgan fingerprint density at radius 1 is 1.21 bits per heavy atom. The van der Waals surface area contributed by atoms with Crippen molar-refractivity contribution >= 4 is 11.5 Å². The predicted molar refractivity (Wildman–Crippen MR) is 80.2 cm³/mol. The van der Waals surface area contributed by atoms with E-state index in [1.54, 1.807) is 0 Å². The predicted octanol–water partition coefficient (Wildman–Crippen LogP) is 3.10. The van der Waals surface area contributed by atoms with Crippen LogP contribution in [0.3, 0.4) is 0 Å². The Morgan fingerprint density at radius 2 is 1.89 bits per heavy atom. The van der Waals surface area contributed by atoms with Gasteiger partial charge in [-0.25, -0.2) is 4.68 Å². The van der Waals surface area contributed by atoms with E-state index < -0.39 is 0 Å². The SMILES string of the molecule is CCCn1nc(C)c(N)c1NCc1ccc(C)cc1. The fraction of sp³-hybridized carbons (Fsp3) is 0.400. The van der Waals surface area contributed by atoms with Crippen LogP contribution in [0.15, 0.2) is 24.3 Å². The Kier molecular flexibility index (Phi) is 4.10. The quantitative estimate of drug-likeness (QED) is 0.866. The third kappa shape index (κ3) is 3.08. The Balaban J connectivity index is 2.12. The van der Waals surface area contributed by atoms with Crippen molar-refractivity contribution in [3.63, 3.8) is 0 Å². The van der Waals surface area contributed by atoms with Crippen LogP contribution in [0.5, 0.6) is 0 Å². The summed E-state index contributed by atoms with van der Waals surface area (Å²) in [5.74, 6) is 0.930. The van der Waals surface area contributed by atoms with Crippen LogP contribution in [0.4, 0.5) is 11.5 Å². The van der Waals surface area contributed by atoms with Gasteiger partial charge in [0.15, 0.2) is 0 Å². The largest absolute Gasteiger partial charge is 0.394 e. The van der Waals surface area contributed by atoms with E-state index in [4.69, 9.17) is 5.73 Å². The first-order chi connectivity index (χ1) is 9.11. The first-order valence-electron chi connectivity index (χ1n) is 6.74. The highest BCUT2D eigenvalue weighted by Crippen LogP contribution is 2.23. The molecule has 2 aromatic rings. The minimum absolute atomic E-state index is 0.751. The van der Waals surface area contributed by atoms with E-state index in [9.17, 15) is 0 Å². The lowest BCUT2D eigenvalue weighted by Crippen LogP contribution is -2.09. The number of nitrogens with one attached hydrogen (secondary N) is 1. The van der Waals surface area contributed by atoms with Crippen LogP contribution in [0.1, 0.15) is 30.2 Å². The summed E-state index contributed by atoms with van der Waals surface area (Å²) >= 11 is 0. The van der Waals surface area contributed by atoms with Gasteiger partial charge in [-0.15, -0.1) is 0 Å². The van der Waals surface area contributed by atoms with Crippen molar-refractivity contribution in [1.82, 2.24) is 9.78 Å². The summed E-state index contributed by atoms with van der Waals surface area (Å²) in [6.45, 7) is 7.82. The third-order valence-corrected chi connectivity index (χ3v) is 3.19. The summed E-state index contributed by atoms with van der Waals surface area (Å²) in [5, 5.41) is 7.85. The molecular formula is C15H22N4. The van der Waals surface area contributed by atoms with Crippen LogP contribution in [-0.4, -0.2) is 9.78 Å². The molecule has 0 radical (unpaired) electrons. The zero-order valence-corrected chi connectivity index (χ0v) is 11.9. The second-order valence-electron chi connectivity index (χ2n) is 4.91. The first kappa shape index (κ1) is 13.5. The number of nitrogens with two attached hydrogens (primary N) is 1. The number of rotatable bonds is 5. The minimum Gasteiger partial charge on any atom is -0.394 e. The molecule has 3 N–H and O–H groups in total. The van der Waals surface area contributed by atoms with Gasteiger partial charge >= 0.3 is 0 Å². The summed E-state index contributed by atoms with van der Waals surface area (Å²) in [4.78, 5) is 0. The average Bonchev–Trinajstić information content (AvgIpc) is 2.65. The normalized spacial score (nSPS) is 10.7. The molecule has 4 heteroatoms. The van der Waals surface area contributed by atoms with Crippen LogP contribution < -0.4 is 11.1 Å². The molecule has 0 aliphatic carbocycles. The van der Waals surface area contributed by atoms with E-state index >= 15 is 0 Å². The van der Waals surface area contributed by atoms with Crippen LogP contribution in [0.25, 0.3) is 0 Å². The maximum atomic E-state index is 6.08. The van der Waals surface area contributed by atoms with E-state index in [-0.39, 0.29) is 0 Å². The van der Waals surface area contributed by atoms with E-state index in [0.29, 0.717) is 0 Å². The van der Waals surface area contributed by atoms with Crippen molar-refractivity contribution < 1.29 is 0 Å². The average molecular weight is 258 g/mol. The number of nitrogen functional groups attached to an aromatic ring is 1. The van der Waals surface area contributed by atoms with Crippen molar-refractivity contribution in [1.29, 1.82) is 0 Å². The zero-order valence-electron chi connectivity index (χ0n) is 11.9. The molecule has 0 saturated heterocycles. The summed E-state index contributed by atoms with van der Waals surface area (Å²) in [6, 6.07) is 8.50. The van der Waals surface area contributed by atoms with Gasteiger partial charge in [0.2, 0.25) is 0 Å². The third-order valence-electron chi connectivity index (χ3n) is 3.19. The topological polar surface area (TPSA) is 55.9 Å². The van der Waals surface area contributed by atoms with Crippen LogP contribution in [-0.2, 0) is 13.1 Å². The Morgan fingerprint density at radius 3 is 2.53 bits per heavy atom. The Bertz CT molecular complexity index is 540. The van der Waals surface area contributed by atoms with Crippen molar-refractivity contribution in [2.75, 3.05) is 11.1 Å². The van der Waals surface area contributed by atoms with Gasteiger partial charge in [0, 0.05) is 13.1 Å². The monoisotopic (exact) mass is 258 g/mol. The van der Waals surface area contributed by atoms with Gasteiger partial charge in [0.05, 0.1) is 11.4 Å². The number of anilines is 2. The lowest BCUT2D eigenvalue weighted by Gasteiger charge is -2.10. The molecule has 2 rings (SSSR count). The fourth-order valence-corrected chi connectivity index (χ4v) is 2.05. The number of hydrogen-bond acceptors (Lipinski definition) is 3. The molecule has 0 bridgehead atoms. The maximum absolute atomic E-state index is 6.08. The molecule has 0 spiro atoms.